The number of para-hydroxylation sites is 1. The predicted molar refractivity (Wildman–Crippen MR) is 91.3 cm³/mol. The Bertz CT molecular complexity index is 721. The van der Waals surface area contributed by atoms with Gasteiger partial charge in [0.05, 0.1) is 5.69 Å². The van der Waals surface area contributed by atoms with Crippen LogP contribution in [0.2, 0.25) is 0 Å². The van der Waals surface area contributed by atoms with E-state index in [4.69, 9.17) is 4.74 Å². The van der Waals surface area contributed by atoms with Crippen LogP contribution in [0, 0.1) is 6.92 Å². The average Bonchev–Trinajstić information content (AvgIpc) is 2.87. The molecule has 4 heteroatoms. The number of aryl methyl sites for hydroxylation is 1. The van der Waals surface area contributed by atoms with E-state index in [1.54, 1.807) is 0 Å². The fourth-order valence-corrected chi connectivity index (χ4v) is 3.60. The van der Waals surface area contributed by atoms with Gasteiger partial charge >= 0.3 is 0 Å². The van der Waals surface area contributed by atoms with Crippen molar-refractivity contribution in [3.05, 3.63) is 53.4 Å². The molecule has 0 bridgehead atoms. The molecule has 1 atom stereocenters. The molecule has 1 aromatic heterocycles. The number of aromatic nitrogens is 2. The van der Waals surface area contributed by atoms with Crippen molar-refractivity contribution in [3.63, 3.8) is 0 Å². The Morgan fingerprint density at radius 3 is 3.04 bits per heavy atom. The van der Waals surface area contributed by atoms with Crippen LogP contribution in [-0.2, 0) is 6.54 Å². The van der Waals surface area contributed by atoms with Crippen LogP contribution in [0.15, 0.2) is 36.4 Å². The lowest BCUT2D eigenvalue weighted by molar-refractivity contribution is 0.0990. The zero-order chi connectivity index (χ0) is 15.7. The molecule has 23 heavy (non-hydrogen) atoms. The summed E-state index contributed by atoms with van der Waals surface area (Å²) in [4.78, 5) is 2.49. The monoisotopic (exact) mass is 309 g/mol. The minimum Gasteiger partial charge on any atom is -0.483 e. The third kappa shape index (κ3) is 3.04. The Morgan fingerprint density at radius 1 is 1.26 bits per heavy atom. The minimum absolute atomic E-state index is 0.134. The molecule has 0 radical (unpaired) electrons. The van der Waals surface area contributed by atoms with Gasteiger partial charge in [-0.15, -0.1) is 0 Å². The van der Waals surface area contributed by atoms with E-state index in [2.05, 4.69) is 57.6 Å². The summed E-state index contributed by atoms with van der Waals surface area (Å²) < 4.78 is 6.41. The first-order valence-corrected chi connectivity index (χ1v) is 8.43. The minimum atomic E-state index is -0.134. The van der Waals surface area contributed by atoms with E-state index >= 15 is 0 Å². The molecule has 2 aliphatic heterocycles. The van der Waals surface area contributed by atoms with Crippen molar-refractivity contribution < 1.29 is 4.74 Å². The molecular weight excluding hydrogens is 286 g/mol. The molecule has 3 heterocycles. The lowest BCUT2D eigenvalue weighted by atomic mass is 9.91. The van der Waals surface area contributed by atoms with E-state index in [0.29, 0.717) is 0 Å². The van der Waals surface area contributed by atoms with Crippen molar-refractivity contribution in [1.29, 1.82) is 0 Å². The van der Waals surface area contributed by atoms with Crippen molar-refractivity contribution in [2.45, 2.75) is 38.3 Å². The van der Waals surface area contributed by atoms with Gasteiger partial charge in [0.1, 0.15) is 11.4 Å². The summed E-state index contributed by atoms with van der Waals surface area (Å²) in [5.74, 6) is 1.02. The number of H-pyrrole nitrogens is 1. The number of nitrogens with zero attached hydrogens (tertiary/aromatic N) is 2. The number of rotatable bonds is 2. The van der Waals surface area contributed by atoms with Gasteiger partial charge < -0.3 is 4.74 Å². The number of nitrogens with one attached hydrogen (secondary N) is 1. The van der Waals surface area contributed by atoms with Crippen LogP contribution in [0.25, 0.3) is 6.08 Å². The zero-order valence-corrected chi connectivity index (χ0v) is 13.6. The van der Waals surface area contributed by atoms with Crippen LogP contribution in [0.4, 0.5) is 0 Å². The molecule has 0 aliphatic carbocycles. The molecule has 1 spiro atoms. The van der Waals surface area contributed by atoms with E-state index in [-0.39, 0.29) is 5.60 Å². The first-order valence-electron chi connectivity index (χ1n) is 8.43. The summed E-state index contributed by atoms with van der Waals surface area (Å²) in [6, 6.07) is 10.4. The van der Waals surface area contributed by atoms with Gasteiger partial charge in [-0.1, -0.05) is 24.3 Å². The number of benzene rings is 1. The first kappa shape index (κ1) is 14.5. The van der Waals surface area contributed by atoms with Crippen LogP contribution < -0.4 is 4.74 Å². The molecule has 0 saturated carbocycles. The molecule has 1 unspecified atom stereocenters. The third-order valence-electron chi connectivity index (χ3n) is 4.87. The SMILES string of the molecule is Cc1cc(CN2CCCC3(C=Cc4ccccc4O3)CC2)n[nH]1. The molecular formula is C19H23N3O. The number of hydrogen-bond donors (Lipinski definition) is 1. The van der Waals surface area contributed by atoms with Crippen LogP contribution in [0.3, 0.4) is 0 Å². The maximum atomic E-state index is 6.41. The van der Waals surface area contributed by atoms with Gasteiger partial charge in [-0.2, -0.15) is 5.10 Å². The lowest BCUT2D eigenvalue weighted by Crippen LogP contribution is -2.36. The molecule has 4 nitrogen and oxygen atoms in total. The quantitative estimate of drug-likeness (QED) is 0.922. The number of hydrogen-bond acceptors (Lipinski definition) is 3. The summed E-state index contributed by atoms with van der Waals surface area (Å²) >= 11 is 0. The maximum Gasteiger partial charge on any atom is 0.129 e. The molecule has 120 valence electrons. The third-order valence-corrected chi connectivity index (χ3v) is 4.87. The topological polar surface area (TPSA) is 41.1 Å². The largest absolute Gasteiger partial charge is 0.483 e. The maximum absolute atomic E-state index is 6.41. The van der Waals surface area contributed by atoms with E-state index in [1.807, 2.05) is 6.92 Å². The van der Waals surface area contributed by atoms with Gasteiger partial charge in [0.2, 0.25) is 0 Å². The van der Waals surface area contributed by atoms with Crippen LogP contribution >= 0.6 is 0 Å². The predicted octanol–water partition coefficient (Wildman–Crippen LogP) is 3.55. The van der Waals surface area contributed by atoms with E-state index in [9.17, 15) is 0 Å². The molecule has 1 aromatic carbocycles. The molecule has 0 amide bonds. The van der Waals surface area contributed by atoms with Gasteiger partial charge in [0.25, 0.3) is 0 Å². The Hall–Kier alpha value is -2.07. The van der Waals surface area contributed by atoms with Gasteiger partial charge in [-0.25, -0.2) is 0 Å². The summed E-state index contributed by atoms with van der Waals surface area (Å²) in [5.41, 5.74) is 3.31. The van der Waals surface area contributed by atoms with Crippen molar-refractivity contribution in [2.24, 2.45) is 0 Å². The van der Waals surface area contributed by atoms with Crippen molar-refractivity contribution in [1.82, 2.24) is 15.1 Å². The highest BCUT2D eigenvalue weighted by Gasteiger charge is 2.34. The number of aromatic amines is 1. The average molecular weight is 309 g/mol. The van der Waals surface area contributed by atoms with Crippen molar-refractivity contribution in [3.8, 4) is 5.75 Å². The van der Waals surface area contributed by atoms with Gasteiger partial charge in [0, 0.05) is 30.8 Å². The highest BCUT2D eigenvalue weighted by atomic mass is 16.5. The molecule has 2 aliphatic rings. The lowest BCUT2D eigenvalue weighted by Gasteiger charge is -2.34. The van der Waals surface area contributed by atoms with E-state index < -0.39 is 0 Å². The summed E-state index contributed by atoms with van der Waals surface area (Å²) in [6.45, 7) is 5.11. The number of fused-ring (bicyclic) bond motifs is 1. The summed E-state index contributed by atoms with van der Waals surface area (Å²) in [6.07, 6.45) is 7.76. The Labute approximate surface area is 137 Å². The summed E-state index contributed by atoms with van der Waals surface area (Å²) in [5, 5.41) is 7.39. The fourth-order valence-electron chi connectivity index (χ4n) is 3.60. The molecule has 1 fully saturated rings. The molecule has 4 rings (SSSR count). The van der Waals surface area contributed by atoms with Crippen LogP contribution in [0.5, 0.6) is 5.75 Å². The summed E-state index contributed by atoms with van der Waals surface area (Å²) in [7, 11) is 0. The van der Waals surface area contributed by atoms with Crippen LogP contribution in [0.1, 0.15) is 36.2 Å². The van der Waals surface area contributed by atoms with E-state index in [0.717, 1.165) is 56.0 Å². The normalized spacial score (nSPS) is 24.2. The highest BCUT2D eigenvalue weighted by molar-refractivity contribution is 5.60. The van der Waals surface area contributed by atoms with Crippen LogP contribution in [-0.4, -0.2) is 33.8 Å². The molecule has 1 saturated heterocycles. The Morgan fingerprint density at radius 2 is 2.17 bits per heavy atom. The highest BCUT2D eigenvalue weighted by Crippen LogP contribution is 2.37. The van der Waals surface area contributed by atoms with Gasteiger partial charge in [-0.3, -0.25) is 10.00 Å². The second-order valence-electron chi connectivity index (χ2n) is 6.71. The zero-order valence-electron chi connectivity index (χ0n) is 13.6. The molecule has 2 aromatic rings. The Kier molecular flexibility index (Phi) is 3.69. The number of ether oxygens (including phenoxy) is 1. The van der Waals surface area contributed by atoms with Crippen molar-refractivity contribution in [2.75, 3.05) is 13.1 Å². The van der Waals surface area contributed by atoms with Gasteiger partial charge in [0.15, 0.2) is 0 Å². The molecule has 1 N–H and O–H groups in total. The smallest absolute Gasteiger partial charge is 0.129 e. The standard InChI is InChI=1S/C19H23N3O/c1-15-13-17(21-20-15)14-22-11-4-8-19(10-12-22)9-7-16-5-2-3-6-18(16)23-19/h2-3,5-7,9,13H,4,8,10-12,14H2,1H3,(H,20,21). The number of likely N-dealkylation sites (tertiary alicyclic amines) is 1. The second kappa shape index (κ2) is 5.85. The van der Waals surface area contributed by atoms with Crippen molar-refractivity contribution >= 4 is 6.08 Å². The van der Waals surface area contributed by atoms with Gasteiger partial charge in [-0.05, 0) is 44.5 Å². The Balaban J connectivity index is 1.45. The fraction of sp³-hybridized carbons (Fsp3) is 0.421. The first-order chi connectivity index (χ1) is 11.2. The second-order valence-corrected chi connectivity index (χ2v) is 6.71. The van der Waals surface area contributed by atoms with E-state index in [1.165, 1.54) is 5.56 Å².